The van der Waals surface area contributed by atoms with Crippen molar-refractivity contribution in [1.29, 1.82) is 0 Å². The number of rotatable bonds is 8. The van der Waals surface area contributed by atoms with Crippen LogP contribution >= 0.6 is 0 Å². The molecule has 2 N–H and O–H groups in total. The van der Waals surface area contributed by atoms with Gasteiger partial charge in [-0.2, -0.15) is 10.1 Å². The van der Waals surface area contributed by atoms with E-state index in [9.17, 15) is 0 Å². The van der Waals surface area contributed by atoms with Crippen molar-refractivity contribution >= 4 is 5.82 Å². The lowest BCUT2D eigenvalue weighted by Crippen LogP contribution is -2.28. The summed E-state index contributed by atoms with van der Waals surface area (Å²) in [5.41, 5.74) is 9.94. The molecule has 0 aliphatic heterocycles. The summed E-state index contributed by atoms with van der Waals surface area (Å²) in [5, 5.41) is 8.74. The Bertz CT molecular complexity index is 1260. The van der Waals surface area contributed by atoms with E-state index in [2.05, 4.69) is 51.4 Å². The van der Waals surface area contributed by atoms with Crippen LogP contribution in [0.15, 0.2) is 47.4 Å². The molecular weight excluding hydrogens is 418 g/mol. The van der Waals surface area contributed by atoms with Gasteiger partial charge in [-0.1, -0.05) is 29.4 Å². The van der Waals surface area contributed by atoms with E-state index >= 15 is 0 Å². The molecule has 170 valence electrons. The fourth-order valence-electron chi connectivity index (χ4n) is 4.16. The lowest BCUT2D eigenvalue weighted by atomic mass is 9.77. The summed E-state index contributed by atoms with van der Waals surface area (Å²) in [5.74, 6) is 2.09. The number of nitrogens with zero attached hydrogens (tertiary/aromatic N) is 6. The Morgan fingerprint density at radius 1 is 1.15 bits per heavy atom. The Labute approximate surface area is 192 Å². The molecule has 0 saturated heterocycles. The van der Waals surface area contributed by atoms with Crippen LogP contribution < -0.4 is 5.73 Å². The number of aromatic nitrogens is 6. The molecule has 5 rings (SSSR count). The zero-order valence-corrected chi connectivity index (χ0v) is 19.0. The third-order valence-electron chi connectivity index (χ3n) is 6.45. The monoisotopic (exact) mass is 445 g/mol. The number of nitrogens with two attached hydrogens (primary N) is 1. The Hall–Kier alpha value is -3.59. The van der Waals surface area contributed by atoms with Crippen molar-refractivity contribution in [1.82, 2.24) is 29.9 Å². The van der Waals surface area contributed by atoms with Crippen molar-refractivity contribution in [2.24, 2.45) is 5.92 Å². The minimum absolute atomic E-state index is 0.338. The van der Waals surface area contributed by atoms with Crippen molar-refractivity contribution in [3.05, 3.63) is 59.9 Å². The van der Waals surface area contributed by atoms with E-state index in [0.29, 0.717) is 36.6 Å². The van der Waals surface area contributed by atoms with Crippen molar-refractivity contribution < 1.29 is 9.26 Å². The smallest absolute Gasteiger partial charge is 0.261 e. The molecule has 9 heteroatoms. The highest BCUT2D eigenvalue weighted by molar-refractivity contribution is 5.60. The quantitative estimate of drug-likeness (QED) is 0.437. The Morgan fingerprint density at radius 2 is 1.94 bits per heavy atom. The normalized spacial score (nSPS) is 15.5. The van der Waals surface area contributed by atoms with Gasteiger partial charge in [0.25, 0.3) is 5.89 Å². The Kier molecular flexibility index (Phi) is 5.41. The maximum absolute atomic E-state index is 5.81. The number of benzene rings is 1. The van der Waals surface area contributed by atoms with Gasteiger partial charge in [0.05, 0.1) is 47.9 Å². The number of nitrogen functional groups attached to an aromatic ring is 1. The molecule has 1 atom stereocenters. The van der Waals surface area contributed by atoms with Crippen molar-refractivity contribution in [3.63, 3.8) is 0 Å². The SMILES string of the molecule is COCCn1cc(-c2nc(C(C)(c3ccc(-c4cnc(N)c(C)n4)cc3)C3CC3)no2)cn1. The molecule has 0 spiro atoms. The second kappa shape index (κ2) is 8.40. The third kappa shape index (κ3) is 4.00. The molecule has 1 unspecified atom stereocenters. The first-order valence-corrected chi connectivity index (χ1v) is 11.0. The number of hydrogen-bond acceptors (Lipinski definition) is 8. The average Bonchev–Trinajstić information content (AvgIpc) is 3.38. The summed E-state index contributed by atoms with van der Waals surface area (Å²) in [6.45, 7) is 5.32. The fraction of sp³-hybridized carbons (Fsp3) is 0.375. The molecule has 1 saturated carbocycles. The van der Waals surface area contributed by atoms with Crippen molar-refractivity contribution in [2.45, 2.75) is 38.6 Å². The van der Waals surface area contributed by atoms with Crippen LogP contribution in [0.25, 0.3) is 22.7 Å². The largest absolute Gasteiger partial charge is 0.383 e. The number of hydrogen-bond donors (Lipinski definition) is 1. The van der Waals surface area contributed by atoms with Crippen molar-refractivity contribution in [3.8, 4) is 22.7 Å². The van der Waals surface area contributed by atoms with Crippen LogP contribution in [0.1, 0.15) is 36.8 Å². The van der Waals surface area contributed by atoms with E-state index in [1.807, 2.05) is 17.8 Å². The highest BCUT2D eigenvalue weighted by Crippen LogP contribution is 2.50. The molecule has 9 nitrogen and oxygen atoms in total. The summed E-state index contributed by atoms with van der Waals surface area (Å²) < 4.78 is 12.6. The molecule has 1 aromatic carbocycles. The highest BCUT2D eigenvalue weighted by atomic mass is 16.5. The molecule has 0 bridgehead atoms. The van der Waals surface area contributed by atoms with Gasteiger partial charge >= 0.3 is 0 Å². The van der Waals surface area contributed by atoms with Gasteiger partial charge in [-0.05, 0) is 38.2 Å². The van der Waals surface area contributed by atoms with Gasteiger partial charge in [-0.25, -0.2) is 9.97 Å². The third-order valence-corrected chi connectivity index (χ3v) is 6.45. The molecule has 3 aromatic heterocycles. The van der Waals surface area contributed by atoms with Gasteiger partial charge in [0.15, 0.2) is 5.82 Å². The van der Waals surface area contributed by atoms with Crippen LogP contribution in [0, 0.1) is 12.8 Å². The van der Waals surface area contributed by atoms with E-state index in [4.69, 9.17) is 20.0 Å². The number of methoxy groups -OCH3 is 1. The van der Waals surface area contributed by atoms with E-state index in [0.717, 1.165) is 40.9 Å². The maximum Gasteiger partial charge on any atom is 0.261 e. The highest BCUT2D eigenvalue weighted by Gasteiger charge is 2.47. The fourth-order valence-corrected chi connectivity index (χ4v) is 4.16. The van der Waals surface area contributed by atoms with Crippen LogP contribution in [0.4, 0.5) is 5.82 Å². The molecule has 0 radical (unpaired) electrons. The zero-order valence-electron chi connectivity index (χ0n) is 19.0. The summed E-state index contributed by atoms with van der Waals surface area (Å²) in [6.07, 6.45) is 7.62. The first kappa shape index (κ1) is 21.3. The second-order valence-electron chi connectivity index (χ2n) is 8.69. The average molecular weight is 446 g/mol. The molecule has 0 amide bonds. The molecule has 1 aliphatic carbocycles. The summed E-state index contributed by atoms with van der Waals surface area (Å²) in [4.78, 5) is 13.6. The topological polar surface area (TPSA) is 118 Å². The number of anilines is 1. The van der Waals surface area contributed by atoms with Gasteiger partial charge in [-0.15, -0.1) is 0 Å². The lowest BCUT2D eigenvalue weighted by Gasteiger charge is -2.27. The standard InChI is InChI=1S/C24H27N7O2/c1-15-21(25)26-13-20(28-15)16-4-6-18(7-5-16)24(2,19-8-9-19)23-29-22(33-30-23)17-12-27-31(14-17)10-11-32-3/h4-7,12-14,19H,8-11H2,1-3H3,(H2,25,26). The van der Waals surface area contributed by atoms with Gasteiger partial charge in [-0.3, -0.25) is 4.68 Å². The Balaban J connectivity index is 1.43. The van der Waals surface area contributed by atoms with E-state index in [1.54, 1.807) is 19.5 Å². The predicted octanol–water partition coefficient (Wildman–Crippen LogP) is 3.64. The van der Waals surface area contributed by atoms with Gasteiger partial charge in [0.2, 0.25) is 0 Å². The molecule has 1 fully saturated rings. The molecule has 33 heavy (non-hydrogen) atoms. The van der Waals surface area contributed by atoms with Crippen molar-refractivity contribution in [2.75, 3.05) is 19.5 Å². The Morgan fingerprint density at radius 3 is 2.64 bits per heavy atom. The minimum atomic E-state index is -0.338. The van der Waals surface area contributed by atoms with Gasteiger partial charge < -0.3 is 15.0 Å². The molecular formula is C24H27N7O2. The van der Waals surface area contributed by atoms with Crippen LogP contribution in [-0.2, 0) is 16.7 Å². The van der Waals surface area contributed by atoms with Crippen LogP contribution in [0.3, 0.4) is 0 Å². The molecule has 4 aromatic rings. The second-order valence-corrected chi connectivity index (χ2v) is 8.69. The number of aryl methyl sites for hydroxylation is 1. The van der Waals surface area contributed by atoms with E-state index < -0.39 is 0 Å². The molecule has 1 aliphatic rings. The zero-order chi connectivity index (χ0) is 23.0. The van der Waals surface area contributed by atoms with Crippen LogP contribution in [0.5, 0.6) is 0 Å². The van der Waals surface area contributed by atoms with Crippen LogP contribution in [-0.4, -0.2) is 43.6 Å². The summed E-state index contributed by atoms with van der Waals surface area (Å²) >= 11 is 0. The number of ether oxygens (including phenoxy) is 1. The lowest BCUT2D eigenvalue weighted by molar-refractivity contribution is 0.183. The van der Waals surface area contributed by atoms with Gasteiger partial charge in [0, 0.05) is 18.9 Å². The van der Waals surface area contributed by atoms with Gasteiger partial charge in [0.1, 0.15) is 5.82 Å². The van der Waals surface area contributed by atoms with Crippen LogP contribution in [0.2, 0.25) is 0 Å². The summed E-state index contributed by atoms with van der Waals surface area (Å²) in [6, 6.07) is 8.38. The first-order chi connectivity index (χ1) is 16.0. The predicted molar refractivity (Wildman–Crippen MR) is 123 cm³/mol. The summed E-state index contributed by atoms with van der Waals surface area (Å²) in [7, 11) is 1.67. The molecule has 3 heterocycles. The maximum atomic E-state index is 5.81. The first-order valence-electron chi connectivity index (χ1n) is 11.0. The minimum Gasteiger partial charge on any atom is -0.383 e. The van der Waals surface area contributed by atoms with E-state index in [-0.39, 0.29) is 5.41 Å². The van der Waals surface area contributed by atoms with E-state index in [1.165, 1.54) is 0 Å².